The van der Waals surface area contributed by atoms with Gasteiger partial charge in [0.05, 0.1) is 22.5 Å². The number of aromatic nitrogens is 2. The van der Waals surface area contributed by atoms with Crippen molar-refractivity contribution in [3.8, 4) is 5.69 Å². The lowest BCUT2D eigenvalue weighted by Crippen LogP contribution is -2.17. The van der Waals surface area contributed by atoms with Gasteiger partial charge in [0.25, 0.3) is 0 Å². The summed E-state index contributed by atoms with van der Waals surface area (Å²) in [6, 6.07) is 4.38. The first-order valence-corrected chi connectivity index (χ1v) is 4.81. The minimum absolute atomic E-state index is 0.0160. The fourth-order valence-electron chi connectivity index (χ4n) is 1.40. The van der Waals surface area contributed by atoms with Gasteiger partial charge in [0.2, 0.25) is 0 Å². The second kappa shape index (κ2) is 3.94. The van der Waals surface area contributed by atoms with Crippen molar-refractivity contribution < 1.29 is 4.39 Å². The van der Waals surface area contributed by atoms with Crippen LogP contribution in [0.3, 0.4) is 0 Å². The van der Waals surface area contributed by atoms with Crippen LogP contribution in [-0.2, 0) is 0 Å². The topological polar surface area (TPSA) is 67.7 Å². The van der Waals surface area contributed by atoms with Crippen LogP contribution in [0.25, 0.3) is 5.69 Å². The summed E-state index contributed by atoms with van der Waals surface area (Å²) in [5.41, 5.74) is 5.73. The van der Waals surface area contributed by atoms with Crippen LogP contribution in [0.1, 0.15) is 5.56 Å². The monoisotopic (exact) mass is 238 g/mol. The Balaban J connectivity index is 2.65. The molecule has 0 saturated carbocycles. The molecule has 4 nitrogen and oxygen atoms in total. The van der Waals surface area contributed by atoms with Crippen LogP contribution in [-0.4, -0.2) is 15.6 Å². The van der Waals surface area contributed by atoms with Gasteiger partial charge in [-0.2, -0.15) is 5.10 Å². The van der Waals surface area contributed by atoms with Gasteiger partial charge >= 0.3 is 0 Å². The van der Waals surface area contributed by atoms with Crippen LogP contribution in [0, 0.1) is 11.2 Å². The quantitative estimate of drug-likeness (QED) is 0.620. The highest BCUT2D eigenvalue weighted by molar-refractivity contribution is 6.30. The lowest BCUT2D eigenvalue weighted by Gasteiger charge is -2.08. The molecule has 0 aliphatic rings. The van der Waals surface area contributed by atoms with E-state index >= 15 is 0 Å². The Labute approximate surface area is 96.0 Å². The average molecular weight is 239 g/mol. The first-order valence-electron chi connectivity index (χ1n) is 4.43. The maximum absolute atomic E-state index is 13.5. The Morgan fingerprint density at radius 1 is 1.50 bits per heavy atom. The zero-order valence-corrected chi connectivity index (χ0v) is 8.87. The lowest BCUT2D eigenvalue weighted by molar-refractivity contribution is 0.622. The van der Waals surface area contributed by atoms with Gasteiger partial charge in [-0.3, -0.25) is 5.41 Å². The normalized spacial score (nSPS) is 10.4. The number of nitrogen functional groups attached to an aromatic ring is 1. The van der Waals surface area contributed by atoms with Crippen molar-refractivity contribution in [3.63, 3.8) is 0 Å². The van der Waals surface area contributed by atoms with Gasteiger partial charge in [-0.25, -0.2) is 9.07 Å². The summed E-state index contributed by atoms with van der Waals surface area (Å²) < 4.78 is 14.9. The molecule has 3 N–H and O–H groups in total. The molecule has 0 spiro atoms. The van der Waals surface area contributed by atoms with Crippen molar-refractivity contribution in [2.45, 2.75) is 0 Å². The van der Waals surface area contributed by atoms with Crippen molar-refractivity contribution >= 4 is 17.4 Å². The Kier molecular flexibility index (Phi) is 2.62. The van der Waals surface area contributed by atoms with E-state index in [4.69, 9.17) is 22.7 Å². The number of halogens is 2. The third-order valence-corrected chi connectivity index (χ3v) is 2.25. The zero-order valence-electron chi connectivity index (χ0n) is 8.11. The first kappa shape index (κ1) is 10.6. The molecular weight excluding hydrogens is 231 g/mol. The third-order valence-electron chi connectivity index (χ3n) is 2.06. The molecular formula is C10H8ClFN4. The molecule has 1 heterocycles. The van der Waals surface area contributed by atoms with Crippen molar-refractivity contribution in [1.29, 1.82) is 5.41 Å². The van der Waals surface area contributed by atoms with Crippen LogP contribution in [0.15, 0.2) is 30.6 Å². The molecule has 1 aromatic carbocycles. The van der Waals surface area contributed by atoms with Gasteiger partial charge in [-0.1, -0.05) is 17.7 Å². The molecule has 16 heavy (non-hydrogen) atoms. The van der Waals surface area contributed by atoms with E-state index in [-0.39, 0.29) is 11.4 Å². The molecule has 6 heteroatoms. The molecule has 82 valence electrons. The number of nitrogens with zero attached hydrogens (tertiary/aromatic N) is 2. The average Bonchev–Trinajstić information content (AvgIpc) is 2.63. The van der Waals surface area contributed by atoms with E-state index in [1.807, 2.05) is 0 Å². The van der Waals surface area contributed by atoms with Gasteiger partial charge < -0.3 is 5.73 Å². The SMILES string of the molecule is N=C(N)c1c(F)cccc1-n1cc(Cl)cn1. The van der Waals surface area contributed by atoms with Gasteiger partial charge in [0.1, 0.15) is 11.7 Å². The minimum Gasteiger partial charge on any atom is -0.384 e. The molecule has 2 aromatic rings. The van der Waals surface area contributed by atoms with E-state index in [9.17, 15) is 4.39 Å². The standard InChI is InChI=1S/C10H8ClFN4/c11-6-4-15-16(5-6)8-3-1-2-7(12)9(8)10(13)14/h1-5H,(H3,13,14). The molecule has 0 aliphatic heterocycles. The Morgan fingerprint density at radius 2 is 2.25 bits per heavy atom. The first-order chi connectivity index (χ1) is 7.59. The molecule has 0 fully saturated rings. The predicted octanol–water partition coefficient (Wildman–Crippen LogP) is 1.95. The van der Waals surface area contributed by atoms with Gasteiger partial charge in [0, 0.05) is 6.20 Å². The number of hydrogen-bond donors (Lipinski definition) is 2. The zero-order chi connectivity index (χ0) is 11.7. The van der Waals surface area contributed by atoms with E-state index in [2.05, 4.69) is 5.10 Å². The van der Waals surface area contributed by atoms with E-state index < -0.39 is 5.82 Å². The molecule has 0 unspecified atom stereocenters. The minimum atomic E-state index is -0.559. The fraction of sp³-hybridized carbons (Fsp3) is 0. The Morgan fingerprint density at radius 3 is 2.81 bits per heavy atom. The Hall–Kier alpha value is -1.88. The molecule has 0 saturated heterocycles. The van der Waals surface area contributed by atoms with Gasteiger partial charge in [-0.15, -0.1) is 0 Å². The summed E-state index contributed by atoms with van der Waals surface area (Å²) >= 11 is 5.72. The number of rotatable bonds is 2. The molecule has 0 bridgehead atoms. The summed E-state index contributed by atoms with van der Waals surface area (Å²) in [7, 11) is 0. The molecule has 1 aromatic heterocycles. The van der Waals surface area contributed by atoms with Crippen molar-refractivity contribution in [3.05, 3.63) is 47.0 Å². The number of nitrogens with one attached hydrogen (secondary N) is 1. The Bertz CT molecular complexity index is 550. The van der Waals surface area contributed by atoms with Crippen LogP contribution >= 0.6 is 11.6 Å². The van der Waals surface area contributed by atoms with E-state index in [1.54, 1.807) is 6.07 Å². The maximum atomic E-state index is 13.5. The van der Waals surface area contributed by atoms with Crippen LogP contribution < -0.4 is 5.73 Å². The summed E-state index contributed by atoms with van der Waals surface area (Å²) in [6.45, 7) is 0. The highest BCUT2D eigenvalue weighted by atomic mass is 35.5. The highest BCUT2D eigenvalue weighted by Crippen LogP contribution is 2.18. The van der Waals surface area contributed by atoms with E-state index in [0.717, 1.165) is 0 Å². The molecule has 0 aliphatic carbocycles. The third kappa shape index (κ3) is 1.77. The summed E-state index contributed by atoms with van der Waals surface area (Å²) in [5.74, 6) is -0.906. The fourth-order valence-corrected chi connectivity index (χ4v) is 1.54. The number of amidine groups is 1. The smallest absolute Gasteiger partial charge is 0.136 e. The van der Waals surface area contributed by atoms with Crippen LogP contribution in [0.5, 0.6) is 0 Å². The number of nitrogens with two attached hydrogens (primary N) is 1. The summed E-state index contributed by atoms with van der Waals surface area (Å²) in [5, 5.41) is 11.7. The van der Waals surface area contributed by atoms with E-state index in [0.29, 0.717) is 10.7 Å². The summed E-state index contributed by atoms with van der Waals surface area (Å²) in [4.78, 5) is 0. The van der Waals surface area contributed by atoms with Gasteiger partial charge in [-0.05, 0) is 12.1 Å². The van der Waals surface area contributed by atoms with E-state index in [1.165, 1.54) is 29.2 Å². The van der Waals surface area contributed by atoms with Crippen molar-refractivity contribution in [2.75, 3.05) is 0 Å². The van der Waals surface area contributed by atoms with Crippen molar-refractivity contribution in [1.82, 2.24) is 9.78 Å². The lowest BCUT2D eigenvalue weighted by atomic mass is 10.1. The highest BCUT2D eigenvalue weighted by Gasteiger charge is 2.13. The molecule has 2 rings (SSSR count). The molecule has 0 amide bonds. The molecule has 0 radical (unpaired) electrons. The number of hydrogen-bond acceptors (Lipinski definition) is 2. The second-order valence-electron chi connectivity index (χ2n) is 3.15. The maximum Gasteiger partial charge on any atom is 0.136 e. The van der Waals surface area contributed by atoms with Crippen molar-refractivity contribution in [2.24, 2.45) is 5.73 Å². The van der Waals surface area contributed by atoms with Crippen LogP contribution in [0.2, 0.25) is 5.02 Å². The molecule has 0 atom stereocenters. The van der Waals surface area contributed by atoms with Crippen LogP contribution in [0.4, 0.5) is 4.39 Å². The van der Waals surface area contributed by atoms with Gasteiger partial charge in [0.15, 0.2) is 0 Å². The largest absolute Gasteiger partial charge is 0.384 e. The second-order valence-corrected chi connectivity index (χ2v) is 3.59. The summed E-state index contributed by atoms with van der Waals surface area (Å²) in [6.07, 6.45) is 2.94. The number of benzene rings is 1. The predicted molar refractivity (Wildman–Crippen MR) is 59.5 cm³/mol.